The van der Waals surface area contributed by atoms with E-state index in [9.17, 15) is 4.79 Å². The van der Waals surface area contributed by atoms with Crippen LogP contribution in [0, 0.1) is 13.8 Å². The molecule has 6 heteroatoms. The van der Waals surface area contributed by atoms with E-state index in [-0.39, 0.29) is 11.2 Å². The van der Waals surface area contributed by atoms with E-state index in [1.54, 1.807) is 44.4 Å². The fourth-order valence-corrected chi connectivity index (χ4v) is 4.03. The van der Waals surface area contributed by atoms with Crippen LogP contribution in [0.5, 0.6) is 23.0 Å². The van der Waals surface area contributed by atoms with E-state index in [2.05, 4.69) is 36.1 Å². The summed E-state index contributed by atoms with van der Waals surface area (Å²) in [5, 5.41) is 0.476. The smallest absolute Gasteiger partial charge is 0.235 e. The van der Waals surface area contributed by atoms with Crippen LogP contribution in [0.15, 0.2) is 69.9 Å². The second kappa shape index (κ2) is 8.64. The van der Waals surface area contributed by atoms with Crippen molar-refractivity contribution in [3.63, 3.8) is 0 Å². The van der Waals surface area contributed by atoms with E-state index in [0.717, 1.165) is 17.9 Å². The van der Waals surface area contributed by atoms with Crippen LogP contribution < -0.4 is 19.6 Å². The van der Waals surface area contributed by atoms with Gasteiger partial charge in [-0.15, -0.1) is 0 Å². The van der Waals surface area contributed by atoms with Gasteiger partial charge in [0.05, 0.1) is 18.1 Å². The zero-order valence-corrected chi connectivity index (χ0v) is 18.9. The van der Waals surface area contributed by atoms with E-state index >= 15 is 0 Å². The summed E-state index contributed by atoms with van der Waals surface area (Å²) in [6.07, 6.45) is 0. The number of hydrogen-bond acceptors (Lipinski definition) is 6. The second-order valence-electron chi connectivity index (χ2n) is 8.26. The van der Waals surface area contributed by atoms with Gasteiger partial charge in [-0.05, 0) is 55.8 Å². The molecular weight excluding hydrogens is 418 g/mol. The minimum Gasteiger partial charge on any atom is -0.497 e. The minimum atomic E-state index is -0.206. The molecule has 0 amide bonds. The molecule has 0 saturated carbocycles. The van der Waals surface area contributed by atoms with E-state index in [4.69, 9.17) is 18.6 Å². The molecule has 2 heterocycles. The van der Waals surface area contributed by atoms with Crippen LogP contribution in [-0.2, 0) is 13.1 Å². The molecular formula is C27H25NO5. The molecule has 1 aliphatic heterocycles. The molecule has 0 atom stereocenters. The van der Waals surface area contributed by atoms with Gasteiger partial charge >= 0.3 is 0 Å². The van der Waals surface area contributed by atoms with Gasteiger partial charge < -0.3 is 18.6 Å². The highest BCUT2D eigenvalue weighted by Crippen LogP contribution is 2.34. The summed E-state index contributed by atoms with van der Waals surface area (Å²) in [7, 11) is 1.60. The van der Waals surface area contributed by atoms with Gasteiger partial charge in [0.1, 0.15) is 35.3 Å². The Bertz CT molecular complexity index is 1360. The number of benzene rings is 3. The predicted octanol–water partition coefficient (Wildman–Crippen LogP) is 5.56. The Morgan fingerprint density at radius 3 is 2.39 bits per heavy atom. The van der Waals surface area contributed by atoms with Gasteiger partial charge in [0.25, 0.3) is 0 Å². The SMILES string of the molecule is COc1ccc(Oc2c(C)oc3c4c(ccc3c2=O)OCN(Cc2ccc(C)cc2)C4)cc1. The zero-order valence-electron chi connectivity index (χ0n) is 18.9. The molecule has 0 N–H and O–H groups in total. The lowest BCUT2D eigenvalue weighted by Crippen LogP contribution is -2.31. The van der Waals surface area contributed by atoms with Crippen molar-refractivity contribution in [3.8, 4) is 23.0 Å². The van der Waals surface area contributed by atoms with E-state index in [1.807, 2.05) is 6.07 Å². The molecule has 168 valence electrons. The Morgan fingerprint density at radius 1 is 0.939 bits per heavy atom. The first-order chi connectivity index (χ1) is 16.0. The Balaban J connectivity index is 1.47. The average molecular weight is 443 g/mol. The third kappa shape index (κ3) is 4.17. The fraction of sp³-hybridized carbons (Fsp3) is 0.222. The van der Waals surface area contributed by atoms with Crippen molar-refractivity contribution in [1.29, 1.82) is 0 Å². The first-order valence-electron chi connectivity index (χ1n) is 10.8. The molecule has 0 bridgehead atoms. The molecule has 0 saturated heterocycles. The van der Waals surface area contributed by atoms with Crippen molar-refractivity contribution >= 4 is 11.0 Å². The maximum absolute atomic E-state index is 13.3. The fourth-order valence-electron chi connectivity index (χ4n) is 4.03. The van der Waals surface area contributed by atoms with Crippen molar-refractivity contribution < 1.29 is 18.6 Å². The van der Waals surface area contributed by atoms with Crippen molar-refractivity contribution in [1.82, 2.24) is 4.90 Å². The number of hydrogen-bond donors (Lipinski definition) is 0. The van der Waals surface area contributed by atoms with Crippen LogP contribution >= 0.6 is 0 Å². The average Bonchev–Trinajstić information content (AvgIpc) is 2.83. The normalized spacial score (nSPS) is 13.4. The Kier molecular flexibility index (Phi) is 5.52. The predicted molar refractivity (Wildman–Crippen MR) is 126 cm³/mol. The van der Waals surface area contributed by atoms with Crippen molar-refractivity contribution in [3.05, 3.63) is 93.3 Å². The monoisotopic (exact) mass is 443 g/mol. The number of rotatable bonds is 5. The molecule has 0 spiro atoms. The molecule has 0 fully saturated rings. The van der Waals surface area contributed by atoms with Crippen LogP contribution in [0.2, 0.25) is 0 Å². The van der Waals surface area contributed by atoms with Gasteiger partial charge in [-0.1, -0.05) is 29.8 Å². The number of nitrogens with zero attached hydrogens (tertiary/aromatic N) is 1. The number of fused-ring (bicyclic) bond motifs is 3. The zero-order chi connectivity index (χ0) is 22.9. The van der Waals surface area contributed by atoms with Crippen LogP contribution in [0.3, 0.4) is 0 Å². The van der Waals surface area contributed by atoms with Crippen molar-refractivity contribution in [2.75, 3.05) is 13.8 Å². The standard InChI is InChI=1S/C27H25NO5/c1-17-4-6-19(7-5-17)14-28-15-23-24(31-16-28)13-12-22-25(29)26(18(2)32-27(22)23)33-21-10-8-20(30-3)9-11-21/h4-13H,14-16H2,1-3H3. The van der Waals surface area contributed by atoms with Crippen molar-refractivity contribution in [2.24, 2.45) is 0 Å². The highest BCUT2D eigenvalue weighted by molar-refractivity contribution is 5.83. The van der Waals surface area contributed by atoms with Crippen molar-refractivity contribution in [2.45, 2.75) is 26.9 Å². The Labute approximate surface area is 191 Å². The van der Waals surface area contributed by atoms with Gasteiger partial charge in [-0.25, -0.2) is 0 Å². The quantitative estimate of drug-likeness (QED) is 0.402. The molecule has 0 unspecified atom stereocenters. The topological polar surface area (TPSA) is 61.1 Å². The number of aryl methyl sites for hydroxylation is 2. The third-order valence-electron chi connectivity index (χ3n) is 5.83. The van der Waals surface area contributed by atoms with Gasteiger partial charge in [-0.3, -0.25) is 9.69 Å². The maximum Gasteiger partial charge on any atom is 0.235 e. The van der Waals surface area contributed by atoms with Crippen LogP contribution in [-0.4, -0.2) is 18.7 Å². The lowest BCUT2D eigenvalue weighted by Gasteiger charge is -2.29. The number of methoxy groups -OCH3 is 1. The number of ether oxygens (including phenoxy) is 3. The lowest BCUT2D eigenvalue weighted by atomic mass is 10.1. The summed E-state index contributed by atoms with van der Waals surface area (Å²) >= 11 is 0. The van der Waals surface area contributed by atoms with E-state index in [0.29, 0.717) is 41.5 Å². The molecule has 0 radical (unpaired) electrons. The summed E-state index contributed by atoms with van der Waals surface area (Å²) in [4.78, 5) is 15.5. The van der Waals surface area contributed by atoms with Crippen LogP contribution in [0.25, 0.3) is 11.0 Å². The summed E-state index contributed by atoms with van der Waals surface area (Å²) in [5.41, 5.74) is 3.66. The summed E-state index contributed by atoms with van der Waals surface area (Å²) in [5.74, 6) is 2.60. The van der Waals surface area contributed by atoms with Gasteiger partial charge in [0, 0.05) is 13.1 Å². The highest BCUT2D eigenvalue weighted by atomic mass is 16.5. The lowest BCUT2D eigenvalue weighted by molar-refractivity contribution is 0.0889. The molecule has 3 aromatic carbocycles. The summed E-state index contributed by atoms with van der Waals surface area (Å²) in [6.45, 7) is 5.67. The molecule has 5 rings (SSSR count). The first kappa shape index (κ1) is 21.1. The summed E-state index contributed by atoms with van der Waals surface area (Å²) in [6, 6.07) is 19.1. The third-order valence-corrected chi connectivity index (χ3v) is 5.83. The molecule has 0 aliphatic carbocycles. The first-order valence-corrected chi connectivity index (χ1v) is 10.8. The van der Waals surface area contributed by atoms with E-state index < -0.39 is 0 Å². The van der Waals surface area contributed by atoms with Crippen LogP contribution in [0.1, 0.15) is 22.5 Å². The molecule has 1 aromatic heterocycles. The van der Waals surface area contributed by atoms with Gasteiger partial charge in [0.2, 0.25) is 11.2 Å². The minimum absolute atomic E-state index is 0.181. The largest absolute Gasteiger partial charge is 0.497 e. The van der Waals surface area contributed by atoms with Crippen LogP contribution in [0.4, 0.5) is 0 Å². The molecule has 33 heavy (non-hydrogen) atoms. The molecule has 6 nitrogen and oxygen atoms in total. The maximum atomic E-state index is 13.3. The van der Waals surface area contributed by atoms with Gasteiger partial charge in [0.15, 0.2) is 0 Å². The Hall–Kier alpha value is -3.77. The second-order valence-corrected chi connectivity index (χ2v) is 8.26. The molecule has 4 aromatic rings. The summed E-state index contributed by atoms with van der Waals surface area (Å²) < 4.78 is 23.2. The highest BCUT2D eigenvalue weighted by Gasteiger charge is 2.24. The van der Waals surface area contributed by atoms with Gasteiger partial charge in [-0.2, -0.15) is 0 Å². The molecule has 1 aliphatic rings. The Morgan fingerprint density at radius 2 is 1.67 bits per heavy atom. The van der Waals surface area contributed by atoms with E-state index in [1.165, 1.54) is 11.1 Å².